The second kappa shape index (κ2) is 6.52. The van der Waals surface area contributed by atoms with Crippen molar-refractivity contribution in [3.8, 4) is 5.75 Å². The van der Waals surface area contributed by atoms with E-state index in [0.29, 0.717) is 0 Å². The molecule has 0 saturated carbocycles. The molecule has 0 amide bonds. The van der Waals surface area contributed by atoms with Gasteiger partial charge in [-0.15, -0.1) is 11.3 Å². The number of hydrogen-bond donors (Lipinski definition) is 1. The van der Waals surface area contributed by atoms with Crippen LogP contribution in [0.15, 0.2) is 35.2 Å². The summed E-state index contributed by atoms with van der Waals surface area (Å²) in [5.41, 5.74) is 4.22. The van der Waals surface area contributed by atoms with Crippen molar-refractivity contribution in [3.05, 3.63) is 46.4 Å². The molecule has 0 spiro atoms. The Kier molecular flexibility index (Phi) is 4.73. The molecule has 1 atom stereocenters. The van der Waals surface area contributed by atoms with E-state index in [-0.39, 0.29) is 6.04 Å². The van der Waals surface area contributed by atoms with E-state index in [0.717, 1.165) is 24.4 Å². The van der Waals surface area contributed by atoms with E-state index in [1.54, 1.807) is 18.4 Å². The van der Waals surface area contributed by atoms with Crippen molar-refractivity contribution in [2.75, 3.05) is 13.7 Å². The zero-order valence-electron chi connectivity index (χ0n) is 10.7. The standard InChI is InChI=1S/C14H18N2OS/c1-11(13-5-3-4-6-14(13)17-2)15-8-7-12-9-18-10-16-12/h3-6,9-11,15H,7-8H2,1-2H3. The highest BCUT2D eigenvalue weighted by atomic mass is 32.1. The second-order valence-corrected chi connectivity index (χ2v) is 4.87. The van der Waals surface area contributed by atoms with Crippen molar-refractivity contribution in [3.63, 3.8) is 0 Å². The van der Waals surface area contributed by atoms with Crippen LogP contribution >= 0.6 is 11.3 Å². The summed E-state index contributed by atoms with van der Waals surface area (Å²) in [7, 11) is 1.71. The number of thiazole rings is 1. The van der Waals surface area contributed by atoms with Gasteiger partial charge in [0.05, 0.1) is 18.3 Å². The lowest BCUT2D eigenvalue weighted by Crippen LogP contribution is -2.21. The lowest BCUT2D eigenvalue weighted by atomic mass is 10.1. The first kappa shape index (κ1) is 13.1. The molecular weight excluding hydrogens is 244 g/mol. The van der Waals surface area contributed by atoms with Crippen LogP contribution in [0.1, 0.15) is 24.2 Å². The first-order valence-electron chi connectivity index (χ1n) is 6.04. The molecule has 0 bridgehead atoms. The third kappa shape index (κ3) is 3.31. The minimum absolute atomic E-state index is 0.278. The van der Waals surface area contributed by atoms with Crippen LogP contribution in [0.3, 0.4) is 0 Å². The number of methoxy groups -OCH3 is 1. The smallest absolute Gasteiger partial charge is 0.123 e. The van der Waals surface area contributed by atoms with Crippen LogP contribution in [0.4, 0.5) is 0 Å². The summed E-state index contributed by atoms with van der Waals surface area (Å²) in [6.45, 7) is 3.07. The molecular formula is C14H18N2OS. The van der Waals surface area contributed by atoms with E-state index < -0.39 is 0 Å². The fraction of sp³-hybridized carbons (Fsp3) is 0.357. The minimum Gasteiger partial charge on any atom is -0.496 e. The molecule has 3 nitrogen and oxygen atoms in total. The maximum Gasteiger partial charge on any atom is 0.123 e. The van der Waals surface area contributed by atoms with Gasteiger partial charge in [0.2, 0.25) is 0 Å². The molecule has 18 heavy (non-hydrogen) atoms. The predicted molar refractivity (Wildman–Crippen MR) is 75.2 cm³/mol. The first-order valence-corrected chi connectivity index (χ1v) is 6.99. The number of benzene rings is 1. The summed E-state index contributed by atoms with van der Waals surface area (Å²) in [5, 5.41) is 5.59. The van der Waals surface area contributed by atoms with Gasteiger partial charge in [-0.3, -0.25) is 0 Å². The number of hydrogen-bond acceptors (Lipinski definition) is 4. The zero-order chi connectivity index (χ0) is 12.8. The van der Waals surface area contributed by atoms with E-state index in [1.165, 1.54) is 5.56 Å². The Morgan fingerprint density at radius 3 is 2.94 bits per heavy atom. The molecule has 2 aromatic rings. The van der Waals surface area contributed by atoms with Gasteiger partial charge < -0.3 is 10.1 Å². The number of ether oxygens (including phenoxy) is 1. The fourth-order valence-corrected chi connectivity index (χ4v) is 2.50. The van der Waals surface area contributed by atoms with E-state index in [2.05, 4.69) is 28.7 Å². The molecule has 1 aromatic heterocycles. The van der Waals surface area contributed by atoms with Crippen molar-refractivity contribution in [1.82, 2.24) is 10.3 Å². The Labute approximate surface area is 112 Å². The van der Waals surface area contributed by atoms with Crippen molar-refractivity contribution in [2.45, 2.75) is 19.4 Å². The zero-order valence-corrected chi connectivity index (χ0v) is 11.5. The molecule has 0 fully saturated rings. The van der Waals surface area contributed by atoms with Gasteiger partial charge in [-0.05, 0) is 13.0 Å². The number of nitrogens with zero attached hydrogens (tertiary/aromatic N) is 1. The topological polar surface area (TPSA) is 34.1 Å². The lowest BCUT2D eigenvalue weighted by Gasteiger charge is -2.16. The fourth-order valence-electron chi connectivity index (χ4n) is 1.91. The molecule has 1 N–H and O–H groups in total. The molecule has 1 unspecified atom stereocenters. The molecule has 2 rings (SSSR count). The number of rotatable bonds is 6. The summed E-state index contributed by atoms with van der Waals surface area (Å²) >= 11 is 1.64. The van der Waals surface area contributed by atoms with Gasteiger partial charge in [-0.25, -0.2) is 4.98 Å². The Morgan fingerprint density at radius 2 is 2.22 bits per heavy atom. The summed E-state index contributed by atoms with van der Waals surface area (Å²) < 4.78 is 5.37. The third-order valence-corrected chi connectivity index (χ3v) is 3.56. The number of aromatic nitrogens is 1. The van der Waals surface area contributed by atoms with E-state index in [9.17, 15) is 0 Å². The van der Waals surface area contributed by atoms with Gasteiger partial charge in [0.25, 0.3) is 0 Å². The van der Waals surface area contributed by atoms with Crippen molar-refractivity contribution < 1.29 is 4.74 Å². The van der Waals surface area contributed by atoms with E-state index >= 15 is 0 Å². The second-order valence-electron chi connectivity index (χ2n) is 4.15. The Balaban J connectivity index is 1.89. The van der Waals surface area contributed by atoms with Crippen LogP contribution in [0.2, 0.25) is 0 Å². The van der Waals surface area contributed by atoms with E-state index in [4.69, 9.17) is 4.74 Å². The van der Waals surface area contributed by atoms with Gasteiger partial charge in [0, 0.05) is 30.0 Å². The monoisotopic (exact) mass is 262 g/mol. The molecule has 0 aliphatic carbocycles. The minimum atomic E-state index is 0.278. The normalized spacial score (nSPS) is 12.3. The van der Waals surface area contributed by atoms with E-state index in [1.807, 2.05) is 23.7 Å². The average molecular weight is 262 g/mol. The quantitative estimate of drug-likeness (QED) is 0.869. The largest absolute Gasteiger partial charge is 0.496 e. The van der Waals surface area contributed by atoms with Gasteiger partial charge in [0.1, 0.15) is 5.75 Å². The summed E-state index contributed by atoms with van der Waals surface area (Å²) in [6, 6.07) is 8.40. The molecule has 0 radical (unpaired) electrons. The Hall–Kier alpha value is -1.39. The highest BCUT2D eigenvalue weighted by Crippen LogP contribution is 2.24. The van der Waals surface area contributed by atoms with Crippen LogP contribution in [0.25, 0.3) is 0 Å². The molecule has 0 aliphatic heterocycles. The predicted octanol–water partition coefficient (Wildman–Crippen LogP) is 3.05. The molecule has 1 heterocycles. The summed E-state index contributed by atoms with van der Waals surface area (Å²) in [6.07, 6.45) is 0.961. The summed E-state index contributed by atoms with van der Waals surface area (Å²) in [4.78, 5) is 4.27. The van der Waals surface area contributed by atoms with Gasteiger partial charge in [-0.1, -0.05) is 18.2 Å². The average Bonchev–Trinajstić information content (AvgIpc) is 2.91. The van der Waals surface area contributed by atoms with Crippen molar-refractivity contribution in [1.29, 1.82) is 0 Å². The summed E-state index contributed by atoms with van der Waals surface area (Å²) in [5.74, 6) is 0.936. The molecule has 4 heteroatoms. The Bertz CT molecular complexity index is 470. The van der Waals surface area contributed by atoms with Crippen LogP contribution in [-0.2, 0) is 6.42 Å². The molecule has 1 aromatic carbocycles. The highest BCUT2D eigenvalue weighted by molar-refractivity contribution is 7.07. The van der Waals surface area contributed by atoms with Gasteiger partial charge >= 0.3 is 0 Å². The number of nitrogens with one attached hydrogen (secondary N) is 1. The molecule has 0 saturated heterocycles. The lowest BCUT2D eigenvalue weighted by molar-refractivity contribution is 0.402. The van der Waals surface area contributed by atoms with Crippen LogP contribution in [0.5, 0.6) is 5.75 Å². The highest BCUT2D eigenvalue weighted by Gasteiger charge is 2.09. The Morgan fingerprint density at radius 1 is 1.39 bits per heavy atom. The van der Waals surface area contributed by atoms with Gasteiger partial charge in [-0.2, -0.15) is 0 Å². The maximum atomic E-state index is 5.37. The first-order chi connectivity index (χ1) is 8.81. The molecule has 96 valence electrons. The van der Waals surface area contributed by atoms with Crippen molar-refractivity contribution in [2.24, 2.45) is 0 Å². The van der Waals surface area contributed by atoms with Crippen LogP contribution < -0.4 is 10.1 Å². The maximum absolute atomic E-state index is 5.37. The van der Waals surface area contributed by atoms with Gasteiger partial charge in [0.15, 0.2) is 0 Å². The number of para-hydroxylation sites is 1. The van der Waals surface area contributed by atoms with Crippen LogP contribution in [0, 0.1) is 0 Å². The van der Waals surface area contributed by atoms with Crippen molar-refractivity contribution >= 4 is 11.3 Å². The SMILES string of the molecule is COc1ccccc1C(C)NCCc1cscn1. The third-order valence-electron chi connectivity index (χ3n) is 2.92. The van der Waals surface area contributed by atoms with Crippen LogP contribution in [-0.4, -0.2) is 18.6 Å². The molecule has 0 aliphatic rings.